The molecule has 1 atom stereocenters. The van der Waals surface area contributed by atoms with E-state index in [-0.39, 0.29) is 6.04 Å². The highest BCUT2D eigenvalue weighted by atomic mass is 14.9. The van der Waals surface area contributed by atoms with Crippen molar-refractivity contribution < 1.29 is 0 Å². The second-order valence-corrected chi connectivity index (χ2v) is 13.1. The van der Waals surface area contributed by atoms with Gasteiger partial charge in [0.25, 0.3) is 0 Å². The maximum absolute atomic E-state index is 5.48. The summed E-state index contributed by atoms with van der Waals surface area (Å²) in [6, 6.07) is 43.2. The van der Waals surface area contributed by atoms with Gasteiger partial charge in [0.2, 0.25) is 0 Å². The summed E-state index contributed by atoms with van der Waals surface area (Å²) >= 11 is 0. The smallest absolute Gasteiger partial charge is 0.0979 e. The number of nitrogens with one attached hydrogen (secondary N) is 2. The first-order valence-corrected chi connectivity index (χ1v) is 19.2. The molecule has 0 saturated heterocycles. The van der Waals surface area contributed by atoms with Crippen molar-refractivity contribution in [3.8, 4) is 22.5 Å². The van der Waals surface area contributed by atoms with Crippen molar-refractivity contribution in [2.75, 3.05) is 0 Å². The monoisotopic (exact) mass is 700 g/mol. The Balaban J connectivity index is 0.00000100. The van der Waals surface area contributed by atoms with Crippen LogP contribution in [0.5, 0.6) is 0 Å². The Bertz CT molecular complexity index is 2680. The van der Waals surface area contributed by atoms with Crippen LogP contribution in [0, 0.1) is 0 Å². The van der Waals surface area contributed by atoms with Gasteiger partial charge in [-0.05, 0) is 57.8 Å². The standard InChI is InChI=1S/C46H32N4.2C2H6/c1-2-11-30(12-3-1)42-26-38(41-23-20-31-13-8-9-17-40(31)48-41)36-21-22-37-39(44-25-33-15-6-7-16-35(33)28-47-44)27-43(50-46(37)45(36)49-42)34-19-18-29-10-4-5-14-32(29)24-34;2*1-2/h1-27,40,47-48H,28H2;2*1-2H3. The summed E-state index contributed by atoms with van der Waals surface area (Å²) in [5, 5.41) is 12.1. The highest BCUT2D eigenvalue weighted by molar-refractivity contribution is 6.12. The Morgan fingerprint density at radius 1 is 0.574 bits per heavy atom. The molecule has 0 fully saturated rings. The molecule has 0 amide bonds. The fraction of sp³-hybridized carbons (Fsp3) is 0.120. The first-order chi connectivity index (χ1) is 26.7. The molecule has 4 nitrogen and oxygen atoms in total. The van der Waals surface area contributed by atoms with E-state index in [9.17, 15) is 0 Å². The molecule has 4 heteroatoms. The number of dihydropyridines is 1. The lowest BCUT2D eigenvalue weighted by molar-refractivity contribution is 0.814. The number of aromatic nitrogens is 2. The lowest BCUT2D eigenvalue weighted by Gasteiger charge is -2.26. The van der Waals surface area contributed by atoms with E-state index in [0.717, 1.165) is 73.4 Å². The molecular weight excluding hydrogens is 657 g/mol. The van der Waals surface area contributed by atoms with Crippen LogP contribution < -0.4 is 10.6 Å². The topological polar surface area (TPSA) is 49.8 Å². The largest absolute Gasteiger partial charge is 0.380 e. The van der Waals surface area contributed by atoms with E-state index in [1.54, 1.807) is 0 Å². The molecule has 0 radical (unpaired) electrons. The molecule has 264 valence electrons. The van der Waals surface area contributed by atoms with Crippen LogP contribution in [0.25, 0.3) is 72.6 Å². The predicted octanol–water partition coefficient (Wildman–Crippen LogP) is 12.3. The average molecular weight is 701 g/mol. The first kappa shape index (κ1) is 34.6. The third-order valence-electron chi connectivity index (χ3n) is 10.1. The van der Waals surface area contributed by atoms with Crippen LogP contribution in [0.2, 0.25) is 0 Å². The molecule has 0 saturated carbocycles. The van der Waals surface area contributed by atoms with E-state index in [1.165, 1.54) is 27.5 Å². The summed E-state index contributed by atoms with van der Waals surface area (Å²) in [6.07, 6.45) is 15.3. The molecule has 2 N–H and O–H groups in total. The number of hydrogen-bond acceptors (Lipinski definition) is 4. The molecule has 10 rings (SSSR count). The van der Waals surface area contributed by atoms with Crippen molar-refractivity contribution in [1.82, 2.24) is 20.6 Å². The van der Waals surface area contributed by atoms with Gasteiger partial charge in [0, 0.05) is 51.0 Å². The maximum atomic E-state index is 5.48. The Hall–Kier alpha value is -6.52. The van der Waals surface area contributed by atoms with E-state index >= 15 is 0 Å². The van der Waals surface area contributed by atoms with Crippen molar-refractivity contribution in [3.05, 3.63) is 186 Å². The summed E-state index contributed by atoms with van der Waals surface area (Å²) < 4.78 is 0. The number of nitrogens with zero attached hydrogens (tertiary/aromatic N) is 2. The summed E-state index contributed by atoms with van der Waals surface area (Å²) in [5.74, 6) is 0. The lowest BCUT2D eigenvalue weighted by Crippen LogP contribution is -2.30. The molecule has 0 bridgehead atoms. The minimum absolute atomic E-state index is 0.125. The van der Waals surface area contributed by atoms with Gasteiger partial charge in [0.05, 0.1) is 28.5 Å². The van der Waals surface area contributed by atoms with E-state index in [1.807, 2.05) is 33.8 Å². The number of benzene rings is 5. The number of pyridine rings is 2. The van der Waals surface area contributed by atoms with Crippen LogP contribution in [0.3, 0.4) is 0 Å². The minimum Gasteiger partial charge on any atom is -0.380 e. The highest BCUT2D eigenvalue weighted by Crippen LogP contribution is 2.38. The third-order valence-corrected chi connectivity index (χ3v) is 10.1. The summed E-state index contributed by atoms with van der Waals surface area (Å²) in [4.78, 5) is 10.9. The number of rotatable bonds is 4. The molecule has 4 heterocycles. The molecule has 54 heavy (non-hydrogen) atoms. The minimum atomic E-state index is 0.125. The van der Waals surface area contributed by atoms with Gasteiger partial charge >= 0.3 is 0 Å². The zero-order valence-corrected chi connectivity index (χ0v) is 31.3. The number of fused-ring (bicyclic) bond motifs is 6. The van der Waals surface area contributed by atoms with E-state index in [0.29, 0.717) is 0 Å². The molecule has 2 aromatic heterocycles. The normalized spacial score (nSPS) is 15.3. The summed E-state index contributed by atoms with van der Waals surface area (Å²) in [6.45, 7) is 8.77. The van der Waals surface area contributed by atoms with Crippen LogP contribution in [0.15, 0.2) is 163 Å². The second kappa shape index (κ2) is 15.2. The Labute approximate surface area is 318 Å². The van der Waals surface area contributed by atoms with Crippen LogP contribution >= 0.6 is 0 Å². The van der Waals surface area contributed by atoms with Crippen LogP contribution in [-0.4, -0.2) is 16.0 Å². The zero-order valence-electron chi connectivity index (χ0n) is 31.3. The van der Waals surface area contributed by atoms with E-state index in [2.05, 4.69) is 168 Å². The molecule has 0 spiro atoms. The number of hydrogen-bond donors (Lipinski definition) is 2. The maximum Gasteiger partial charge on any atom is 0.0979 e. The fourth-order valence-corrected chi connectivity index (χ4v) is 7.49. The SMILES string of the molecule is C1=CC2=CC=C(c3cc(-c4ccccc4)nc4c3ccc3c(C5=Cc6ccccc6CN5)cc(-c5ccc6ccccc6c5)nc34)NC2C=C1.CC.CC. The van der Waals surface area contributed by atoms with Crippen molar-refractivity contribution >= 4 is 50.0 Å². The highest BCUT2D eigenvalue weighted by Gasteiger charge is 2.22. The van der Waals surface area contributed by atoms with Crippen molar-refractivity contribution in [2.45, 2.75) is 40.3 Å². The summed E-state index contributed by atoms with van der Waals surface area (Å²) in [7, 11) is 0. The third kappa shape index (κ3) is 6.41. The van der Waals surface area contributed by atoms with Crippen molar-refractivity contribution in [2.24, 2.45) is 0 Å². The first-order valence-electron chi connectivity index (χ1n) is 19.2. The molecule has 1 aliphatic carbocycles. The quantitative estimate of drug-likeness (QED) is 0.180. The van der Waals surface area contributed by atoms with Crippen molar-refractivity contribution in [1.29, 1.82) is 0 Å². The van der Waals surface area contributed by atoms with Gasteiger partial charge in [-0.1, -0.05) is 161 Å². The molecule has 1 unspecified atom stereocenters. The Kier molecular flexibility index (Phi) is 9.74. The molecular formula is C50H44N4. The van der Waals surface area contributed by atoms with Gasteiger partial charge in [-0.15, -0.1) is 0 Å². The van der Waals surface area contributed by atoms with Crippen LogP contribution in [0.1, 0.15) is 49.9 Å². The van der Waals surface area contributed by atoms with Gasteiger partial charge in [-0.2, -0.15) is 0 Å². The van der Waals surface area contributed by atoms with E-state index < -0.39 is 0 Å². The summed E-state index contributed by atoms with van der Waals surface area (Å²) in [5.41, 5.74) is 13.9. The van der Waals surface area contributed by atoms with E-state index in [4.69, 9.17) is 9.97 Å². The fourth-order valence-electron chi connectivity index (χ4n) is 7.49. The molecule has 2 aliphatic heterocycles. The second-order valence-electron chi connectivity index (χ2n) is 13.1. The van der Waals surface area contributed by atoms with Gasteiger partial charge < -0.3 is 10.6 Å². The average Bonchev–Trinajstić information content (AvgIpc) is 3.26. The van der Waals surface area contributed by atoms with Gasteiger partial charge in [0.15, 0.2) is 0 Å². The number of allylic oxidation sites excluding steroid dienone is 4. The molecule has 3 aliphatic rings. The Morgan fingerprint density at radius 2 is 1.24 bits per heavy atom. The molecule has 7 aromatic rings. The van der Waals surface area contributed by atoms with Crippen LogP contribution in [-0.2, 0) is 6.54 Å². The van der Waals surface area contributed by atoms with Crippen LogP contribution in [0.4, 0.5) is 0 Å². The molecule has 5 aromatic carbocycles. The zero-order chi connectivity index (χ0) is 37.0. The lowest BCUT2D eigenvalue weighted by atomic mass is 9.92. The van der Waals surface area contributed by atoms with Gasteiger partial charge in [-0.3, -0.25) is 0 Å². The van der Waals surface area contributed by atoms with Crippen molar-refractivity contribution in [3.63, 3.8) is 0 Å². The van der Waals surface area contributed by atoms with Gasteiger partial charge in [-0.25, -0.2) is 9.97 Å². The van der Waals surface area contributed by atoms with Gasteiger partial charge in [0.1, 0.15) is 0 Å². The predicted molar refractivity (Wildman–Crippen MR) is 231 cm³/mol. The Morgan fingerprint density at radius 3 is 2.02 bits per heavy atom.